The third-order valence-electron chi connectivity index (χ3n) is 7.17. The number of aryl methyl sites for hydroxylation is 1. The number of ketones is 1. The number of hydrogen-bond acceptors (Lipinski definition) is 4. The van der Waals surface area contributed by atoms with Crippen LogP contribution in [0.1, 0.15) is 35.1 Å². The van der Waals surface area contributed by atoms with Crippen LogP contribution in [0, 0.1) is 6.92 Å². The van der Waals surface area contributed by atoms with E-state index in [9.17, 15) is 13.2 Å². The quantitative estimate of drug-likeness (QED) is 0.347. The summed E-state index contributed by atoms with van der Waals surface area (Å²) >= 11 is 3.61. The molecular weight excluding hydrogens is 512 g/mol. The average molecular weight is 533 g/mol. The van der Waals surface area contributed by atoms with Crippen molar-refractivity contribution in [2.75, 3.05) is 0 Å². The first-order chi connectivity index (χ1) is 16.3. The van der Waals surface area contributed by atoms with Crippen LogP contribution >= 0.6 is 15.9 Å². The van der Waals surface area contributed by atoms with Gasteiger partial charge >= 0.3 is 0 Å². The number of carbonyl (C=O) groups excluding carboxylic acids is 1. The molecule has 1 aromatic heterocycles. The topological polar surface area (TPSA) is 69.0 Å². The Labute approximate surface area is 206 Å². The lowest BCUT2D eigenvalue weighted by molar-refractivity contribution is -0.115. The number of allylic oxidation sites excluding steroid dienone is 2. The van der Waals surface area contributed by atoms with Crippen LogP contribution in [0.4, 0.5) is 0 Å². The molecule has 1 heterocycles. The van der Waals surface area contributed by atoms with Crippen molar-refractivity contribution in [2.45, 2.75) is 36.5 Å². The van der Waals surface area contributed by atoms with E-state index in [0.717, 1.165) is 31.7 Å². The van der Waals surface area contributed by atoms with Crippen LogP contribution in [0.5, 0.6) is 0 Å². The maximum Gasteiger partial charge on any atom is 0.283 e. The summed E-state index contributed by atoms with van der Waals surface area (Å²) in [6.07, 6.45) is 3.52. The molecule has 0 spiro atoms. The van der Waals surface area contributed by atoms with Crippen LogP contribution < -0.4 is 0 Å². The molecule has 1 atom stereocenters. The smallest absolute Gasteiger partial charge is 0.283 e. The van der Waals surface area contributed by atoms with E-state index >= 15 is 0 Å². The Hall–Kier alpha value is -3.03. The van der Waals surface area contributed by atoms with Gasteiger partial charge in [0.25, 0.3) is 10.0 Å². The minimum atomic E-state index is -3.84. The molecular formula is C27H21BrN2O3S. The van der Waals surface area contributed by atoms with Gasteiger partial charge < -0.3 is 0 Å². The maximum absolute atomic E-state index is 13.4. The first-order valence-corrected chi connectivity index (χ1v) is 13.4. The minimum Gasteiger partial charge on any atom is -0.294 e. The van der Waals surface area contributed by atoms with Crippen LogP contribution in [-0.2, 0) is 26.7 Å². The van der Waals surface area contributed by atoms with Gasteiger partial charge in [0.2, 0.25) is 0 Å². The molecule has 2 aliphatic rings. The van der Waals surface area contributed by atoms with E-state index in [1.807, 2.05) is 31.2 Å². The van der Waals surface area contributed by atoms with E-state index in [1.165, 1.54) is 5.56 Å². The summed E-state index contributed by atoms with van der Waals surface area (Å²) < 4.78 is 28.5. The molecule has 0 saturated carbocycles. The molecule has 0 N–H and O–H groups in total. The minimum absolute atomic E-state index is 0.104. The summed E-state index contributed by atoms with van der Waals surface area (Å²) in [5, 5.41) is 5.13. The molecule has 0 bridgehead atoms. The van der Waals surface area contributed by atoms with Gasteiger partial charge in [0, 0.05) is 17.2 Å². The highest BCUT2D eigenvalue weighted by Gasteiger charge is 2.48. The summed E-state index contributed by atoms with van der Waals surface area (Å²) in [5.74, 6) is 0.104. The van der Waals surface area contributed by atoms with E-state index in [0.29, 0.717) is 29.3 Å². The van der Waals surface area contributed by atoms with Gasteiger partial charge in [-0.2, -0.15) is 17.6 Å². The first-order valence-electron chi connectivity index (χ1n) is 11.1. The number of carbonyl (C=O) groups is 1. The molecule has 5 nitrogen and oxygen atoms in total. The lowest BCUT2D eigenvalue weighted by atomic mass is 9.68. The summed E-state index contributed by atoms with van der Waals surface area (Å²) in [5.41, 5.74) is 5.40. The number of Topliss-reactive ketones (excluding diaryl/α,β-unsaturated/α-hetero) is 1. The van der Waals surface area contributed by atoms with Gasteiger partial charge in [0.1, 0.15) is 0 Å². The van der Waals surface area contributed by atoms with E-state index in [2.05, 4.69) is 33.2 Å². The Morgan fingerprint density at radius 3 is 2.47 bits per heavy atom. The standard InChI is InChI=1S/C27H21BrN2O3S/c1-17-7-9-19(10-8-17)34(32,33)30-23-12-11-20-21(22(23)16-29-30)15-27(18-5-3-2-4-6-18)14-13-24(31)26(28)25(20)27/h2-12,16H,13-15H2,1H3. The van der Waals surface area contributed by atoms with Gasteiger partial charge in [0.05, 0.1) is 21.1 Å². The molecule has 6 rings (SSSR count). The molecule has 0 fully saturated rings. The Bertz CT molecular complexity index is 1620. The first kappa shape index (κ1) is 21.5. The number of nitrogens with zero attached hydrogens (tertiary/aromatic N) is 2. The van der Waals surface area contributed by atoms with E-state index in [4.69, 9.17) is 0 Å². The SMILES string of the molecule is Cc1ccc(S(=O)(=O)n2ncc3c4c(ccc32)C2=C(Br)C(=O)CCC2(c2ccccc2)C4)cc1. The molecule has 0 aliphatic heterocycles. The van der Waals surface area contributed by atoms with E-state index in [1.54, 1.807) is 36.5 Å². The summed E-state index contributed by atoms with van der Waals surface area (Å²) in [6.45, 7) is 1.92. The molecule has 4 aromatic rings. The molecule has 3 aromatic carbocycles. The predicted octanol–water partition coefficient (Wildman–Crippen LogP) is 5.54. The zero-order valence-electron chi connectivity index (χ0n) is 18.5. The van der Waals surface area contributed by atoms with E-state index in [-0.39, 0.29) is 16.1 Å². The second kappa shape index (κ2) is 7.48. The predicted molar refractivity (Wildman–Crippen MR) is 135 cm³/mol. The van der Waals surface area contributed by atoms with Crippen LogP contribution in [0.3, 0.4) is 0 Å². The van der Waals surface area contributed by atoms with Crippen LogP contribution in [-0.4, -0.2) is 23.4 Å². The Kier molecular flexibility index (Phi) is 4.73. The largest absolute Gasteiger partial charge is 0.294 e. The second-order valence-corrected chi connectivity index (χ2v) is 11.6. The number of fused-ring (bicyclic) bond motifs is 5. The summed E-state index contributed by atoms with van der Waals surface area (Å²) in [6, 6.07) is 20.8. The van der Waals surface area contributed by atoms with Crippen molar-refractivity contribution in [3.8, 4) is 0 Å². The van der Waals surface area contributed by atoms with Crippen molar-refractivity contribution in [1.29, 1.82) is 0 Å². The van der Waals surface area contributed by atoms with Gasteiger partial charge in [-0.25, -0.2) is 0 Å². The van der Waals surface area contributed by atoms with Crippen molar-refractivity contribution in [1.82, 2.24) is 9.19 Å². The molecule has 0 amide bonds. The van der Waals surface area contributed by atoms with Crippen molar-refractivity contribution in [3.05, 3.63) is 99.7 Å². The number of halogens is 1. The Balaban J connectivity index is 1.57. The second-order valence-electron chi connectivity index (χ2n) is 9.07. The number of benzene rings is 3. The molecule has 2 aliphatic carbocycles. The molecule has 34 heavy (non-hydrogen) atoms. The summed E-state index contributed by atoms with van der Waals surface area (Å²) in [7, 11) is -3.84. The third-order valence-corrected chi connectivity index (χ3v) is 9.63. The Morgan fingerprint density at radius 2 is 1.74 bits per heavy atom. The Morgan fingerprint density at radius 1 is 1.00 bits per heavy atom. The lowest BCUT2D eigenvalue weighted by Crippen LogP contribution is -2.31. The van der Waals surface area contributed by atoms with Gasteiger partial charge in [-0.05, 0) is 76.2 Å². The molecule has 0 saturated heterocycles. The van der Waals surface area contributed by atoms with Crippen LogP contribution in [0.2, 0.25) is 0 Å². The number of rotatable bonds is 3. The maximum atomic E-state index is 13.4. The fourth-order valence-electron chi connectivity index (χ4n) is 5.48. The molecule has 7 heteroatoms. The van der Waals surface area contributed by atoms with Gasteiger partial charge in [0.15, 0.2) is 5.78 Å². The van der Waals surface area contributed by atoms with Gasteiger partial charge in [-0.1, -0.05) is 54.1 Å². The van der Waals surface area contributed by atoms with Crippen LogP contribution in [0.15, 0.2) is 82.3 Å². The van der Waals surface area contributed by atoms with Crippen molar-refractivity contribution < 1.29 is 13.2 Å². The van der Waals surface area contributed by atoms with Crippen molar-refractivity contribution in [3.63, 3.8) is 0 Å². The molecule has 0 radical (unpaired) electrons. The average Bonchev–Trinajstić information content (AvgIpc) is 3.43. The zero-order chi connectivity index (χ0) is 23.7. The normalized spacial score (nSPS) is 20.0. The fraction of sp³-hybridized carbons (Fsp3) is 0.185. The monoisotopic (exact) mass is 532 g/mol. The van der Waals surface area contributed by atoms with Gasteiger partial charge in [-0.15, -0.1) is 0 Å². The third kappa shape index (κ3) is 2.93. The van der Waals surface area contributed by atoms with Crippen molar-refractivity contribution in [2.24, 2.45) is 0 Å². The highest BCUT2D eigenvalue weighted by atomic mass is 79.9. The summed E-state index contributed by atoms with van der Waals surface area (Å²) in [4.78, 5) is 12.9. The number of aromatic nitrogens is 2. The van der Waals surface area contributed by atoms with Gasteiger partial charge in [-0.3, -0.25) is 4.79 Å². The highest BCUT2D eigenvalue weighted by Crippen LogP contribution is 2.57. The molecule has 170 valence electrons. The number of hydrogen-bond donors (Lipinski definition) is 0. The molecule has 1 unspecified atom stereocenters. The van der Waals surface area contributed by atoms with Crippen LogP contribution in [0.25, 0.3) is 16.5 Å². The highest BCUT2D eigenvalue weighted by molar-refractivity contribution is 9.12. The van der Waals surface area contributed by atoms with E-state index < -0.39 is 10.0 Å². The lowest BCUT2D eigenvalue weighted by Gasteiger charge is -2.35. The zero-order valence-corrected chi connectivity index (χ0v) is 20.9. The fourth-order valence-corrected chi connectivity index (χ4v) is 7.54. The van der Waals surface area contributed by atoms with Crippen molar-refractivity contribution >= 4 is 48.2 Å².